The number of ether oxygens (including phenoxy) is 1. The zero-order valence-corrected chi connectivity index (χ0v) is 18.6. The van der Waals surface area contributed by atoms with Crippen molar-refractivity contribution in [3.8, 4) is 5.75 Å². The summed E-state index contributed by atoms with van der Waals surface area (Å²) in [6.07, 6.45) is 4.29. The quantitative estimate of drug-likeness (QED) is 0.763. The van der Waals surface area contributed by atoms with Crippen LogP contribution < -0.4 is 15.4 Å². The van der Waals surface area contributed by atoms with E-state index in [4.69, 9.17) is 4.74 Å². The fourth-order valence-electron chi connectivity index (χ4n) is 4.16. The Morgan fingerprint density at radius 1 is 1.17 bits per heavy atom. The second kappa shape index (κ2) is 10.8. The van der Waals surface area contributed by atoms with E-state index in [1.54, 1.807) is 0 Å². The Hall–Kier alpha value is -1.79. The van der Waals surface area contributed by atoms with E-state index in [1.807, 2.05) is 30.9 Å². The van der Waals surface area contributed by atoms with E-state index in [0.29, 0.717) is 17.2 Å². The largest absolute Gasteiger partial charge is 0.483 e. The van der Waals surface area contributed by atoms with Crippen molar-refractivity contribution in [2.75, 3.05) is 32.8 Å². The van der Waals surface area contributed by atoms with Crippen LogP contribution in [0.4, 0.5) is 0 Å². The molecule has 0 saturated carbocycles. The number of nitrogens with zero attached hydrogens (tertiary/aromatic N) is 1. The van der Waals surface area contributed by atoms with E-state index < -0.39 is 0 Å². The van der Waals surface area contributed by atoms with Crippen LogP contribution >= 0.6 is 12.4 Å². The number of hydrogen-bond acceptors (Lipinski definition) is 4. The minimum absolute atomic E-state index is 0. The van der Waals surface area contributed by atoms with Crippen LogP contribution in [0.3, 0.4) is 0 Å². The smallest absolute Gasteiger partial charge is 0.260 e. The maximum atomic E-state index is 12.7. The maximum Gasteiger partial charge on any atom is 0.260 e. The first-order chi connectivity index (χ1) is 13.5. The van der Waals surface area contributed by atoms with Gasteiger partial charge in [-0.05, 0) is 81.8 Å². The monoisotopic (exact) mass is 423 g/mol. The Bertz CT molecular complexity index is 696. The molecule has 2 aliphatic heterocycles. The van der Waals surface area contributed by atoms with Crippen molar-refractivity contribution in [3.05, 3.63) is 28.8 Å². The van der Waals surface area contributed by atoms with Crippen molar-refractivity contribution >= 4 is 24.2 Å². The molecule has 29 heavy (non-hydrogen) atoms. The summed E-state index contributed by atoms with van der Waals surface area (Å²) in [6, 6.07) is 3.91. The standard InChI is InChI=1S/C22H33N3O3.ClH/c1-15-11-18(22(27)24-19-7-8-23-13-17(19)3)12-16(2)21(15)28-14-20(26)25-9-5-4-6-10-25;/h11-12,17,19,23H,4-10,13-14H2,1-3H3,(H,24,27);1H. The molecule has 2 N–H and O–H groups in total. The molecule has 7 heteroatoms. The predicted molar refractivity (Wildman–Crippen MR) is 117 cm³/mol. The molecule has 2 heterocycles. The highest BCUT2D eigenvalue weighted by Crippen LogP contribution is 2.25. The summed E-state index contributed by atoms with van der Waals surface area (Å²) in [5.41, 5.74) is 2.42. The minimum Gasteiger partial charge on any atom is -0.483 e. The molecular weight excluding hydrogens is 390 g/mol. The molecule has 0 radical (unpaired) electrons. The van der Waals surface area contributed by atoms with Crippen LogP contribution in [0.5, 0.6) is 5.75 Å². The van der Waals surface area contributed by atoms with Gasteiger partial charge in [0, 0.05) is 24.7 Å². The summed E-state index contributed by atoms with van der Waals surface area (Å²) in [4.78, 5) is 27.0. The average Bonchev–Trinajstić information content (AvgIpc) is 2.69. The fraction of sp³-hybridized carbons (Fsp3) is 0.636. The number of nitrogens with one attached hydrogen (secondary N) is 2. The number of benzene rings is 1. The highest BCUT2D eigenvalue weighted by Gasteiger charge is 2.24. The van der Waals surface area contributed by atoms with E-state index in [0.717, 1.165) is 56.6 Å². The Morgan fingerprint density at radius 2 is 1.83 bits per heavy atom. The third-order valence-electron chi connectivity index (χ3n) is 5.87. The van der Waals surface area contributed by atoms with Crippen LogP contribution in [0, 0.1) is 19.8 Å². The number of amides is 2. The first-order valence-electron chi connectivity index (χ1n) is 10.5. The van der Waals surface area contributed by atoms with Crippen LogP contribution in [0.25, 0.3) is 0 Å². The molecule has 2 fully saturated rings. The summed E-state index contributed by atoms with van der Waals surface area (Å²) in [5.74, 6) is 1.13. The van der Waals surface area contributed by atoms with E-state index in [1.165, 1.54) is 6.42 Å². The highest BCUT2D eigenvalue weighted by atomic mass is 35.5. The molecule has 2 aliphatic rings. The van der Waals surface area contributed by atoms with Gasteiger partial charge in [-0.1, -0.05) is 6.92 Å². The number of hydrogen-bond donors (Lipinski definition) is 2. The lowest BCUT2D eigenvalue weighted by Gasteiger charge is -2.30. The molecular formula is C22H34ClN3O3. The average molecular weight is 424 g/mol. The second-order valence-corrected chi connectivity index (χ2v) is 8.22. The zero-order valence-electron chi connectivity index (χ0n) is 17.8. The van der Waals surface area contributed by atoms with Crippen LogP contribution in [-0.4, -0.2) is 55.5 Å². The van der Waals surface area contributed by atoms with Crippen LogP contribution in [0.15, 0.2) is 12.1 Å². The van der Waals surface area contributed by atoms with Gasteiger partial charge in [0.1, 0.15) is 5.75 Å². The second-order valence-electron chi connectivity index (χ2n) is 8.22. The summed E-state index contributed by atoms with van der Waals surface area (Å²) >= 11 is 0. The van der Waals surface area contributed by atoms with Crippen LogP contribution in [0.1, 0.15) is 54.1 Å². The lowest BCUT2D eigenvalue weighted by molar-refractivity contribution is -0.134. The third kappa shape index (κ3) is 6.09. The van der Waals surface area contributed by atoms with Crippen molar-refractivity contribution in [1.82, 2.24) is 15.5 Å². The topological polar surface area (TPSA) is 70.7 Å². The molecule has 2 saturated heterocycles. The molecule has 0 aliphatic carbocycles. The molecule has 1 aromatic rings. The van der Waals surface area contributed by atoms with E-state index in [9.17, 15) is 9.59 Å². The summed E-state index contributed by atoms with van der Waals surface area (Å²) in [6.45, 7) is 9.59. The van der Waals surface area contributed by atoms with Crippen LogP contribution in [-0.2, 0) is 4.79 Å². The predicted octanol–water partition coefficient (Wildman–Crippen LogP) is 2.84. The van der Waals surface area contributed by atoms with Crippen molar-refractivity contribution in [2.24, 2.45) is 5.92 Å². The molecule has 0 aromatic heterocycles. The van der Waals surface area contributed by atoms with E-state index in [2.05, 4.69) is 17.6 Å². The minimum atomic E-state index is -0.0408. The third-order valence-corrected chi connectivity index (χ3v) is 5.87. The van der Waals surface area contributed by atoms with Gasteiger partial charge in [-0.2, -0.15) is 0 Å². The molecule has 3 rings (SSSR count). The first-order valence-corrected chi connectivity index (χ1v) is 10.5. The van der Waals surface area contributed by atoms with Crippen molar-refractivity contribution < 1.29 is 14.3 Å². The molecule has 2 unspecified atom stereocenters. The van der Waals surface area contributed by atoms with Gasteiger partial charge in [-0.3, -0.25) is 9.59 Å². The number of piperidine rings is 2. The molecule has 2 amide bonds. The maximum absolute atomic E-state index is 12.7. The molecule has 0 spiro atoms. The molecule has 162 valence electrons. The van der Waals surface area contributed by atoms with E-state index in [-0.39, 0.29) is 36.9 Å². The Labute approximate surface area is 180 Å². The number of aryl methyl sites for hydroxylation is 2. The first kappa shape index (κ1) is 23.5. The summed E-state index contributed by atoms with van der Waals surface area (Å²) in [5, 5.41) is 6.52. The lowest BCUT2D eigenvalue weighted by atomic mass is 9.94. The van der Waals surface area contributed by atoms with Gasteiger partial charge >= 0.3 is 0 Å². The number of carbonyl (C=O) groups excluding carboxylic acids is 2. The number of carbonyl (C=O) groups is 2. The molecule has 1 aromatic carbocycles. The summed E-state index contributed by atoms with van der Waals surface area (Å²) < 4.78 is 5.85. The fourth-order valence-corrected chi connectivity index (χ4v) is 4.16. The zero-order chi connectivity index (χ0) is 20.1. The normalized spacial score (nSPS) is 21.8. The lowest BCUT2D eigenvalue weighted by Crippen LogP contribution is -2.48. The Balaban J connectivity index is 0.00000300. The Kier molecular flexibility index (Phi) is 8.78. The van der Waals surface area contributed by atoms with Crippen molar-refractivity contribution in [1.29, 1.82) is 0 Å². The van der Waals surface area contributed by atoms with Gasteiger partial charge in [-0.25, -0.2) is 0 Å². The molecule has 6 nitrogen and oxygen atoms in total. The van der Waals surface area contributed by atoms with Crippen molar-refractivity contribution in [2.45, 2.75) is 52.5 Å². The van der Waals surface area contributed by atoms with Gasteiger partial charge in [0.25, 0.3) is 11.8 Å². The number of rotatable bonds is 5. The Morgan fingerprint density at radius 3 is 2.45 bits per heavy atom. The molecule has 2 atom stereocenters. The summed E-state index contributed by atoms with van der Waals surface area (Å²) in [7, 11) is 0. The van der Waals surface area contributed by atoms with Gasteiger partial charge in [0.15, 0.2) is 6.61 Å². The van der Waals surface area contributed by atoms with Gasteiger partial charge in [0.2, 0.25) is 0 Å². The highest BCUT2D eigenvalue weighted by molar-refractivity contribution is 5.95. The SMILES string of the molecule is Cc1cc(C(=O)NC2CCNCC2C)cc(C)c1OCC(=O)N1CCCCC1.Cl. The molecule has 0 bridgehead atoms. The van der Waals surface area contributed by atoms with Crippen LogP contribution in [0.2, 0.25) is 0 Å². The van der Waals surface area contributed by atoms with Gasteiger partial charge in [0.05, 0.1) is 0 Å². The van der Waals surface area contributed by atoms with E-state index >= 15 is 0 Å². The number of likely N-dealkylation sites (tertiary alicyclic amines) is 1. The van der Waals surface area contributed by atoms with Crippen molar-refractivity contribution in [3.63, 3.8) is 0 Å². The number of halogens is 1. The van der Waals surface area contributed by atoms with Gasteiger partial charge in [-0.15, -0.1) is 12.4 Å². The van der Waals surface area contributed by atoms with Gasteiger partial charge < -0.3 is 20.3 Å².